The Bertz CT molecular complexity index is 139. The molecule has 0 aromatic rings. The number of hydrogen-bond acceptors (Lipinski definition) is 3. The van der Waals surface area contributed by atoms with E-state index in [2.05, 4.69) is 4.52 Å². The van der Waals surface area contributed by atoms with E-state index in [9.17, 15) is 4.57 Å². The Labute approximate surface area is 69.0 Å². The number of rotatable bonds is 3. The quantitative estimate of drug-likeness (QED) is 0.625. The molecule has 0 aliphatic carbocycles. The summed E-state index contributed by atoms with van der Waals surface area (Å²) in [6.45, 7) is 7.95. The van der Waals surface area contributed by atoms with Gasteiger partial charge in [0.25, 0.3) is 0 Å². The Balaban J connectivity index is 3.87. The molecule has 3 nitrogen and oxygen atoms in total. The Morgan fingerprint density at radius 3 is 2.09 bits per heavy atom. The SMILES string of the molecule is CO[P+](=O)OC(C)C(C)(C)C. The molecule has 4 heteroatoms. The van der Waals surface area contributed by atoms with Gasteiger partial charge < -0.3 is 0 Å². The summed E-state index contributed by atoms with van der Waals surface area (Å²) < 4.78 is 20.3. The maximum absolute atomic E-state index is 10.8. The Morgan fingerprint density at radius 1 is 1.36 bits per heavy atom. The van der Waals surface area contributed by atoms with Crippen LogP contribution in [0.4, 0.5) is 0 Å². The second-order valence-electron chi connectivity index (χ2n) is 3.52. The van der Waals surface area contributed by atoms with Gasteiger partial charge in [0.1, 0.15) is 6.10 Å². The normalized spacial score (nSPS) is 16.3. The van der Waals surface area contributed by atoms with E-state index in [-0.39, 0.29) is 11.5 Å². The molecule has 11 heavy (non-hydrogen) atoms. The van der Waals surface area contributed by atoms with Crippen LogP contribution in [0.2, 0.25) is 0 Å². The topological polar surface area (TPSA) is 35.5 Å². The molecule has 0 aromatic carbocycles. The molecule has 2 atom stereocenters. The smallest absolute Gasteiger partial charge is 0.122 e. The van der Waals surface area contributed by atoms with Crippen molar-refractivity contribution < 1.29 is 13.6 Å². The van der Waals surface area contributed by atoms with Crippen LogP contribution in [0.25, 0.3) is 0 Å². The van der Waals surface area contributed by atoms with Crippen LogP contribution in [0.5, 0.6) is 0 Å². The second kappa shape index (κ2) is 4.15. The summed E-state index contributed by atoms with van der Waals surface area (Å²) in [7, 11) is -0.563. The summed E-state index contributed by atoms with van der Waals surface area (Å²) in [6, 6.07) is 0. The molecule has 0 aromatic heterocycles. The van der Waals surface area contributed by atoms with Crippen molar-refractivity contribution in [2.45, 2.75) is 33.8 Å². The van der Waals surface area contributed by atoms with E-state index >= 15 is 0 Å². The molecule has 0 aliphatic heterocycles. The lowest BCUT2D eigenvalue weighted by atomic mass is 9.91. The highest BCUT2D eigenvalue weighted by Crippen LogP contribution is 2.32. The maximum Gasteiger partial charge on any atom is 0.697 e. The average molecular weight is 179 g/mol. The lowest BCUT2D eigenvalue weighted by Crippen LogP contribution is -2.23. The van der Waals surface area contributed by atoms with Crippen molar-refractivity contribution in [3.63, 3.8) is 0 Å². The lowest BCUT2D eigenvalue weighted by Gasteiger charge is -2.21. The lowest BCUT2D eigenvalue weighted by molar-refractivity contribution is 0.0938. The van der Waals surface area contributed by atoms with E-state index in [0.717, 1.165) is 0 Å². The molecule has 0 amide bonds. The predicted molar refractivity (Wildman–Crippen MR) is 44.6 cm³/mol. The fraction of sp³-hybridized carbons (Fsp3) is 1.00. The highest BCUT2D eigenvalue weighted by Gasteiger charge is 2.31. The van der Waals surface area contributed by atoms with Crippen LogP contribution in [0.3, 0.4) is 0 Å². The predicted octanol–water partition coefficient (Wildman–Crippen LogP) is 2.74. The van der Waals surface area contributed by atoms with Crippen LogP contribution in [-0.2, 0) is 13.6 Å². The van der Waals surface area contributed by atoms with Crippen LogP contribution in [0.1, 0.15) is 27.7 Å². The third-order valence-corrected chi connectivity index (χ3v) is 2.40. The first kappa shape index (κ1) is 11.0. The van der Waals surface area contributed by atoms with E-state index in [1.54, 1.807) is 0 Å². The minimum Gasteiger partial charge on any atom is -0.122 e. The molecule has 0 aliphatic rings. The van der Waals surface area contributed by atoms with Gasteiger partial charge in [-0.25, -0.2) is 0 Å². The monoisotopic (exact) mass is 179 g/mol. The molecular formula is C7H16O3P+. The Kier molecular flexibility index (Phi) is 4.16. The van der Waals surface area contributed by atoms with E-state index in [1.807, 2.05) is 27.7 Å². The molecule has 2 unspecified atom stereocenters. The van der Waals surface area contributed by atoms with Gasteiger partial charge in [-0.1, -0.05) is 20.8 Å². The molecule has 0 saturated heterocycles. The van der Waals surface area contributed by atoms with Crippen molar-refractivity contribution in [2.75, 3.05) is 7.11 Å². The molecule has 0 rings (SSSR count). The summed E-state index contributed by atoms with van der Waals surface area (Å²) in [5.74, 6) is 0. The van der Waals surface area contributed by atoms with Crippen molar-refractivity contribution in [2.24, 2.45) is 5.41 Å². The molecule has 0 radical (unpaired) electrons. The van der Waals surface area contributed by atoms with Crippen LogP contribution < -0.4 is 0 Å². The molecule has 66 valence electrons. The highest BCUT2D eigenvalue weighted by atomic mass is 31.1. The third-order valence-electron chi connectivity index (χ3n) is 1.61. The molecule has 0 heterocycles. The summed E-state index contributed by atoms with van der Waals surface area (Å²) in [6.07, 6.45) is -0.0638. The summed E-state index contributed by atoms with van der Waals surface area (Å²) in [5, 5.41) is 0. The van der Waals surface area contributed by atoms with Gasteiger partial charge in [0.15, 0.2) is 0 Å². The number of hydrogen-bond donors (Lipinski definition) is 0. The van der Waals surface area contributed by atoms with Gasteiger partial charge in [-0.2, -0.15) is 0 Å². The maximum atomic E-state index is 10.8. The van der Waals surface area contributed by atoms with Gasteiger partial charge in [0.2, 0.25) is 0 Å². The zero-order chi connectivity index (χ0) is 9.07. The summed E-state index contributed by atoms with van der Waals surface area (Å²) in [5.41, 5.74) is 0.00350. The van der Waals surface area contributed by atoms with Crippen molar-refractivity contribution in [3.8, 4) is 0 Å². The van der Waals surface area contributed by atoms with Crippen molar-refractivity contribution in [1.29, 1.82) is 0 Å². The molecule has 0 bridgehead atoms. The van der Waals surface area contributed by atoms with E-state index in [1.165, 1.54) is 7.11 Å². The fourth-order valence-corrected chi connectivity index (χ4v) is 0.991. The second-order valence-corrected chi connectivity index (χ2v) is 4.54. The first-order valence-corrected chi connectivity index (χ1v) is 4.65. The fourth-order valence-electron chi connectivity index (χ4n) is 0.330. The van der Waals surface area contributed by atoms with Crippen molar-refractivity contribution in [3.05, 3.63) is 0 Å². The molecular weight excluding hydrogens is 163 g/mol. The first-order chi connectivity index (χ1) is 4.88. The minimum atomic E-state index is -1.93. The first-order valence-electron chi connectivity index (χ1n) is 3.56. The van der Waals surface area contributed by atoms with Crippen LogP contribution >= 0.6 is 8.25 Å². The van der Waals surface area contributed by atoms with Crippen LogP contribution in [-0.4, -0.2) is 13.2 Å². The van der Waals surface area contributed by atoms with Gasteiger partial charge in [-0.15, -0.1) is 9.05 Å². The summed E-state index contributed by atoms with van der Waals surface area (Å²) in [4.78, 5) is 0. The largest absolute Gasteiger partial charge is 0.697 e. The third kappa shape index (κ3) is 4.46. The van der Waals surface area contributed by atoms with Gasteiger partial charge in [-0.05, 0) is 12.3 Å². The molecule has 0 fully saturated rings. The van der Waals surface area contributed by atoms with E-state index in [0.29, 0.717) is 0 Å². The van der Waals surface area contributed by atoms with Gasteiger partial charge in [0.05, 0.1) is 7.11 Å². The van der Waals surface area contributed by atoms with Gasteiger partial charge in [0, 0.05) is 4.57 Å². The minimum absolute atomic E-state index is 0.00350. The molecule has 0 spiro atoms. The Morgan fingerprint density at radius 2 is 1.82 bits per heavy atom. The Hall–Kier alpha value is 0.0200. The summed E-state index contributed by atoms with van der Waals surface area (Å²) >= 11 is 0. The van der Waals surface area contributed by atoms with Crippen molar-refractivity contribution >= 4 is 8.25 Å². The standard InChI is InChI=1S/C7H16O3P/c1-6(7(2,3)4)10-11(8)9-5/h6H,1-5H3/q+1. The van der Waals surface area contributed by atoms with Gasteiger partial charge in [-0.3, -0.25) is 0 Å². The van der Waals surface area contributed by atoms with Crippen LogP contribution in [0.15, 0.2) is 0 Å². The zero-order valence-electron chi connectivity index (χ0n) is 7.75. The molecule has 0 saturated carbocycles. The van der Waals surface area contributed by atoms with E-state index < -0.39 is 8.25 Å². The van der Waals surface area contributed by atoms with Crippen LogP contribution in [0, 0.1) is 5.41 Å². The van der Waals surface area contributed by atoms with Crippen molar-refractivity contribution in [1.82, 2.24) is 0 Å². The van der Waals surface area contributed by atoms with Gasteiger partial charge >= 0.3 is 8.25 Å². The zero-order valence-corrected chi connectivity index (χ0v) is 8.64. The molecule has 0 N–H and O–H groups in total. The highest BCUT2D eigenvalue weighted by molar-refractivity contribution is 7.33. The van der Waals surface area contributed by atoms with E-state index in [4.69, 9.17) is 4.52 Å². The average Bonchev–Trinajstić information content (AvgIpc) is 1.85.